The van der Waals surface area contributed by atoms with Crippen molar-refractivity contribution in [3.05, 3.63) is 23.9 Å². The molecule has 0 atom stereocenters. The zero-order valence-corrected chi connectivity index (χ0v) is 11.3. The van der Waals surface area contributed by atoms with Crippen LogP contribution in [-0.2, 0) is 5.54 Å². The van der Waals surface area contributed by atoms with Crippen molar-refractivity contribution in [3.8, 4) is 5.88 Å². The highest BCUT2D eigenvalue weighted by molar-refractivity contribution is 5.23. The van der Waals surface area contributed by atoms with Gasteiger partial charge in [-0.2, -0.15) is 0 Å². The quantitative estimate of drug-likeness (QED) is 0.917. The average molecular weight is 270 g/mol. The molecule has 5 heteroatoms. The van der Waals surface area contributed by atoms with Crippen LogP contribution < -0.4 is 10.5 Å². The van der Waals surface area contributed by atoms with Crippen LogP contribution in [0.2, 0.25) is 0 Å². The molecule has 19 heavy (non-hydrogen) atoms. The van der Waals surface area contributed by atoms with E-state index in [0.29, 0.717) is 11.6 Å². The highest BCUT2D eigenvalue weighted by Gasteiger charge is 2.42. The predicted molar refractivity (Wildman–Crippen MR) is 69.3 cm³/mol. The minimum Gasteiger partial charge on any atom is -0.475 e. The second-order valence-electron chi connectivity index (χ2n) is 5.54. The minimum absolute atomic E-state index is 0.0205. The number of ether oxygens (including phenoxy) is 1. The van der Waals surface area contributed by atoms with Crippen molar-refractivity contribution in [1.82, 2.24) is 4.98 Å². The lowest BCUT2D eigenvalue weighted by Crippen LogP contribution is -2.44. The van der Waals surface area contributed by atoms with Crippen molar-refractivity contribution in [2.45, 2.75) is 57.1 Å². The molecule has 0 spiro atoms. The third-order valence-electron chi connectivity index (χ3n) is 3.46. The van der Waals surface area contributed by atoms with E-state index in [1.54, 1.807) is 18.2 Å². The number of aromatic nitrogens is 1. The fraction of sp³-hybridized carbons (Fsp3) is 0.643. The minimum atomic E-state index is -2.59. The highest BCUT2D eigenvalue weighted by Crippen LogP contribution is 2.41. The van der Waals surface area contributed by atoms with Crippen LogP contribution in [0.3, 0.4) is 0 Å². The van der Waals surface area contributed by atoms with E-state index in [0.717, 1.165) is 0 Å². The van der Waals surface area contributed by atoms with Gasteiger partial charge in [0.05, 0.1) is 17.3 Å². The summed E-state index contributed by atoms with van der Waals surface area (Å²) in [5.41, 5.74) is 6.12. The first-order valence-corrected chi connectivity index (χ1v) is 6.62. The number of hydrogen-bond acceptors (Lipinski definition) is 3. The van der Waals surface area contributed by atoms with Crippen LogP contribution in [0, 0.1) is 0 Å². The van der Waals surface area contributed by atoms with Gasteiger partial charge in [0.1, 0.15) is 0 Å². The number of rotatable bonds is 3. The van der Waals surface area contributed by atoms with Gasteiger partial charge in [0, 0.05) is 18.9 Å². The number of nitrogens with two attached hydrogens (primary N) is 1. The van der Waals surface area contributed by atoms with Crippen LogP contribution in [0.4, 0.5) is 8.78 Å². The first-order valence-electron chi connectivity index (χ1n) is 6.62. The molecule has 1 aromatic heterocycles. The standard InChI is InChI=1S/C14H20F2N2O/c1-10(2)19-12-5-3-4-11(18-12)13(17)6-8-14(15,16)9-7-13/h3-5,10H,6-9,17H2,1-2H3. The van der Waals surface area contributed by atoms with E-state index < -0.39 is 11.5 Å². The second kappa shape index (κ2) is 5.04. The molecule has 1 aliphatic rings. The summed E-state index contributed by atoms with van der Waals surface area (Å²) >= 11 is 0. The summed E-state index contributed by atoms with van der Waals surface area (Å²) < 4.78 is 31.9. The van der Waals surface area contributed by atoms with E-state index in [1.165, 1.54) is 0 Å². The molecule has 3 nitrogen and oxygen atoms in total. The Kier molecular flexibility index (Phi) is 3.76. The molecule has 1 heterocycles. The summed E-state index contributed by atoms with van der Waals surface area (Å²) in [6, 6.07) is 5.35. The van der Waals surface area contributed by atoms with E-state index in [-0.39, 0.29) is 31.8 Å². The lowest BCUT2D eigenvalue weighted by atomic mass is 9.78. The van der Waals surface area contributed by atoms with Gasteiger partial charge in [0.15, 0.2) is 0 Å². The Labute approximate surface area is 112 Å². The van der Waals surface area contributed by atoms with Gasteiger partial charge in [-0.1, -0.05) is 6.07 Å². The normalized spacial score (nSPS) is 21.4. The first kappa shape index (κ1) is 14.2. The van der Waals surface area contributed by atoms with Crippen LogP contribution >= 0.6 is 0 Å². The maximum atomic E-state index is 13.2. The molecule has 0 amide bonds. The predicted octanol–water partition coefficient (Wildman–Crippen LogP) is 3.23. The van der Waals surface area contributed by atoms with Crippen LogP contribution in [0.25, 0.3) is 0 Å². The summed E-state index contributed by atoms with van der Waals surface area (Å²) in [6.45, 7) is 3.82. The number of pyridine rings is 1. The van der Waals surface area contributed by atoms with Gasteiger partial charge in [-0.05, 0) is 32.8 Å². The monoisotopic (exact) mass is 270 g/mol. The number of nitrogens with zero attached hydrogens (tertiary/aromatic N) is 1. The number of halogens is 2. The van der Waals surface area contributed by atoms with E-state index in [4.69, 9.17) is 10.5 Å². The van der Waals surface area contributed by atoms with E-state index in [9.17, 15) is 8.78 Å². The van der Waals surface area contributed by atoms with Crippen LogP contribution in [0.5, 0.6) is 5.88 Å². The van der Waals surface area contributed by atoms with E-state index in [1.807, 2.05) is 13.8 Å². The van der Waals surface area contributed by atoms with Crippen molar-refractivity contribution < 1.29 is 13.5 Å². The Bertz CT molecular complexity index is 439. The van der Waals surface area contributed by atoms with Gasteiger partial charge in [0.2, 0.25) is 11.8 Å². The van der Waals surface area contributed by atoms with Crippen LogP contribution in [0.1, 0.15) is 45.2 Å². The molecule has 2 N–H and O–H groups in total. The Morgan fingerprint density at radius 2 is 1.84 bits per heavy atom. The van der Waals surface area contributed by atoms with Crippen molar-refractivity contribution in [2.24, 2.45) is 5.73 Å². The molecule has 2 rings (SSSR count). The van der Waals surface area contributed by atoms with Crippen LogP contribution in [0.15, 0.2) is 18.2 Å². The van der Waals surface area contributed by atoms with E-state index >= 15 is 0 Å². The number of hydrogen-bond donors (Lipinski definition) is 1. The second-order valence-corrected chi connectivity index (χ2v) is 5.54. The molecule has 0 saturated heterocycles. The molecule has 0 radical (unpaired) electrons. The van der Waals surface area contributed by atoms with Crippen molar-refractivity contribution in [3.63, 3.8) is 0 Å². The van der Waals surface area contributed by atoms with Gasteiger partial charge >= 0.3 is 0 Å². The average Bonchev–Trinajstić information content (AvgIpc) is 2.33. The Morgan fingerprint density at radius 1 is 1.21 bits per heavy atom. The van der Waals surface area contributed by atoms with Gasteiger partial charge < -0.3 is 10.5 Å². The van der Waals surface area contributed by atoms with Crippen molar-refractivity contribution in [1.29, 1.82) is 0 Å². The van der Waals surface area contributed by atoms with Gasteiger partial charge in [-0.3, -0.25) is 0 Å². The van der Waals surface area contributed by atoms with Crippen molar-refractivity contribution in [2.75, 3.05) is 0 Å². The Hall–Kier alpha value is -1.23. The summed E-state index contributed by atoms with van der Waals surface area (Å²) in [6.07, 6.45) is 0.157. The largest absolute Gasteiger partial charge is 0.475 e. The Balaban J connectivity index is 2.17. The molecule has 0 unspecified atom stereocenters. The number of alkyl halides is 2. The smallest absolute Gasteiger partial charge is 0.248 e. The third-order valence-corrected chi connectivity index (χ3v) is 3.46. The summed E-state index contributed by atoms with van der Waals surface area (Å²) in [4.78, 5) is 4.36. The molecule has 106 valence electrons. The first-order chi connectivity index (χ1) is 8.81. The summed E-state index contributed by atoms with van der Waals surface area (Å²) in [7, 11) is 0. The molecule has 0 bridgehead atoms. The molecule has 0 aliphatic heterocycles. The van der Waals surface area contributed by atoms with E-state index in [2.05, 4.69) is 4.98 Å². The Morgan fingerprint density at radius 3 is 2.42 bits per heavy atom. The topological polar surface area (TPSA) is 48.1 Å². The van der Waals surface area contributed by atoms with Crippen LogP contribution in [-0.4, -0.2) is 17.0 Å². The summed E-state index contributed by atoms with van der Waals surface area (Å²) in [5, 5.41) is 0. The van der Waals surface area contributed by atoms with Gasteiger partial charge in [-0.25, -0.2) is 13.8 Å². The third kappa shape index (κ3) is 3.41. The zero-order valence-electron chi connectivity index (χ0n) is 11.3. The lowest BCUT2D eigenvalue weighted by molar-refractivity contribution is -0.0519. The van der Waals surface area contributed by atoms with Gasteiger partial charge in [0.25, 0.3) is 0 Å². The zero-order chi connectivity index (χ0) is 14.1. The molecular weight excluding hydrogens is 250 g/mol. The molecular formula is C14H20F2N2O. The molecule has 1 saturated carbocycles. The lowest BCUT2D eigenvalue weighted by Gasteiger charge is -2.36. The molecule has 1 aromatic rings. The maximum Gasteiger partial charge on any atom is 0.248 e. The molecule has 1 aliphatic carbocycles. The van der Waals surface area contributed by atoms with Gasteiger partial charge in [-0.15, -0.1) is 0 Å². The molecule has 0 aromatic carbocycles. The highest BCUT2D eigenvalue weighted by atomic mass is 19.3. The fourth-order valence-electron chi connectivity index (χ4n) is 2.32. The van der Waals surface area contributed by atoms with Crippen molar-refractivity contribution >= 4 is 0 Å². The summed E-state index contributed by atoms with van der Waals surface area (Å²) in [5.74, 6) is -2.09. The molecule has 1 fully saturated rings. The fourth-order valence-corrected chi connectivity index (χ4v) is 2.32. The maximum absolute atomic E-state index is 13.2. The SMILES string of the molecule is CC(C)Oc1cccc(C2(N)CCC(F)(F)CC2)n1.